The summed E-state index contributed by atoms with van der Waals surface area (Å²) in [7, 11) is 0. The van der Waals surface area contributed by atoms with Gasteiger partial charge in [-0.2, -0.15) is 0 Å². The van der Waals surface area contributed by atoms with Gasteiger partial charge in [0.15, 0.2) is 0 Å². The minimum atomic E-state index is -0.795. The second-order valence-corrected chi connectivity index (χ2v) is 4.82. The van der Waals surface area contributed by atoms with Crippen molar-refractivity contribution in [1.82, 2.24) is 10.6 Å². The summed E-state index contributed by atoms with van der Waals surface area (Å²) in [6, 6.07) is 0.348. The summed E-state index contributed by atoms with van der Waals surface area (Å²) in [6.45, 7) is 4.21. The molecule has 1 aliphatic rings. The standard InChI is InChI=1S/C12H22N2O3/c1-8(12(16)17)9(2)13-7-3-4-11(15)14-10-5-6-10/h8-10,13H,3-7H2,1-2H3,(H,14,15)(H,16,17). The molecule has 0 aromatic rings. The van der Waals surface area contributed by atoms with Crippen LogP contribution in [0.2, 0.25) is 0 Å². The van der Waals surface area contributed by atoms with Crippen molar-refractivity contribution in [2.75, 3.05) is 6.54 Å². The molecule has 98 valence electrons. The average molecular weight is 242 g/mol. The predicted molar refractivity (Wildman–Crippen MR) is 64.7 cm³/mol. The van der Waals surface area contributed by atoms with E-state index in [0.717, 1.165) is 19.3 Å². The molecular formula is C12H22N2O3. The van der Waals surface area contributed by atoms with E-state index in [-0.39, 0.29) is 11.9 Å². The number of aliphatic carboxylic acids is 1. The third-order valence-electron chi connectivity index (χ3n) is 3.13. The number of nitrogens with one attached hydrogen (secondary N) is 2. The minimum Gasteiger partial charge on any atom is -0.481 e. The van der Waals surface area contributed by atoms with Gasteiger partial charge >= 0.3 is 5.97 Å². The molecule has 0 radical (unpaired) electrons. The molecular weight excluding hydrogens is 220 g/mol. The van der Waals surface area contributed by atoms with Crippen LogP contribution in [-0.4, -0.2) is 35.6 Å². The van der Waals surface area contributed by atoms with E-state index >= 15 is 0 Å². The maximum atomic E-state index is 11.3. The van der Waals surface area contributed by atoms with Crippen LogP contribution >= 0.6 is 0 Å². The minimum absolute atomic E-state index is 0.0704. The molecule has 0 aliphatic heterocycles. The predicted octanol–water partition coefficient (Wildman–Crippen LogP) is 0.744. The van der Waals surface area contributed by atoms with Gasteiger partial charge in [0.1, 0.15) is 0 Å². The molecule has 2 unspecified atom stereocenters. The van der Waals surface area contributed by atoms with Crippen LogP contribution in [0.5, 0.6) is 0 Å². The second-order valence-electron chi connectivity index (χ2n) is 4.82. The Labute approximate surface area is 102 Å². The Morgan fingerprint density at radius 1 is 1.35 bits per heavy atom. The number of amides is 1. The first-order chi connectivity index (χ1) is 8.00. The van der Waals surface area contributed by atoms with Gasteiger partial charge in [0, 0.05) is 18.5 Å². The van der Waals surface area contributed by atoms with Gasteiger partial charge in [-0.3, -0.25) is 9.59 Å². The van der Waals surface area contributed by atoms with E-state index in [1.54, 1.807) is 6.92 Å². The molecule has 5 nitrogen and oxygen atoms in total. The van der Waals surface area contributed by atoms with Gasteiger partial charge < -0.3 is 15.7 Å². The molecule has 0 spiro atoms. The van der Waals surface area contributed by atoms with E-state index in [2.05, 4.69) is 10.6 Å². The lowest BCUT2D eigenvalue weighted by molar-refractivity contribution is -0.142. The molecule has 2 atom stereocenters. The van der Waals surface area contributed by atoms with Gasteiger partial charge in [0.2, 0.25) is 5.91 Å². The topological polar surface area (TPSA) is 78.4 Å². The monoisotopic (exact) mass is 242 g/mol. The van der Waals surface area contributed by atoms with E-state index in [0.29, 0.717) is 19.0 Å². The average Bonchev–Trinajstić information content (AvgIpc) is 3.06. The lowest BCUT2D eigenvalue weighted by Gasteiger charge is -2.17. The SMILES string of the molecule is CC(NCCCC(=O)NC1CC1)C(C)C(=O)O. The Kier molecular flexibility index (Phi) is 5.41. The number of carboxylic acids is 1. The Balaban J connectivity index is 2.02. The zero-order chi connectivity index (χ0) is 12.8. The van der Waals surface area contributed by atoms with Gasteiger partial charge in [-0.15, -0.1) is 0 Å². The number of rotatable bonds is 8. The van der Waals surface area contributed by atoms with Crippen LogP contribution in [0.3, 0.4) is 0 Å². The van der Waals surface area contributed by atoms with Crippen LogP contribution in [-0.2, 0) is 9.59 Å². The lowest BCUT2D eigenvalue weighted by Crippen LogP contribution is -2.37. The maximum Gasteiger partial charge on any atom is 0.307 e. The number of hydrogen-bond donors (Lipinski definition) is 3. The van der Waals surface area contributed by atoms with Crippen molar-refractivity contribution >= 4 is 11.9 Å². The summed E-state index contributed by atoms with van der Waals surface area (Å²) < 4.78 is 0. The quantitative estimate of drug-likeness (QED) is 0.549. The highest BCUT2D eigenvalue weighted by atomic mass is 16.4. The molecule has 0 aromatic heterocycles. The molecule has 0 aromatic carbocycles. The van der Waals surface area contributed by atoms with Crippen molar-refractivity contribution in [3.8, 4) is 0 Å². The summed E-state index contributed by atoms with van der Waals surface area (Å²) in [5.74, 6) is -1.10. The highest BCUT2D eigenvalue weighted by Crippen LogP contribution is 2.18. The molecule has 5 heteroatoms. The van der Waals surface area contributed by atoms with Crippen molar-refractivity contribution in [3.05, 3.63) is 0 Å². The molecule has 0 bridgehead atoms. The molecule has 0 saturated heterocycles. The zero-order valence-electron chi connectivity index (χ0n) is 10.5. The van der Waals surface area contributed by atoms with Crippen LogP contribution in [0, 0.1) is 5.92 Å². The Morgan fingerprint density at radius 3 is 2.53 bits per heavy atom. The number of carboxylic acid groups (broad SMARTS) is 1. The van der Waals surface area contributed by atoms with E-state index in [1.165, 1.54) is 0 Å². The van der Waals surface area contributed by atoms with E-state index in [9.17, 15) is 9.59 Å². The van der Waals surface area contributed by atoms with Crippen LogP contribution in [0.1, 0.15) is 39.5 Å². The van der Waals surface area contributed by atoms with Crippen molar-refractivity contribution in [1.29, 1.82) is 0 Å². The van der Waals surface area contributed by atoms with E-state index in [4.69, 9.17) is 5.11 Å². The first-order valence-corrected chi connectivity index (χ1v) is 6.26. The van der Waals surface area contributed by atoms with Crippen LogP contribution < -0.4 is 10.6 Å². The lowest BCUT2D eigenvalue weighted by atomic mass is 10.0. The highest BCUT2D eigenvalue weighted by molar-refractivity contribution is 5.76. The van der Waals surface area contributed by atoms with E-state index in [1.807, 2.05) is 6.92 Å². The highest BCUT2D eigenvalue weighted by Gasteiger charge is 2.23. The van der Waals surface area contributed by atoms with Crippen LogP contribution in [0.15, 0.2) is 0 Å². The molecule has 17 heavy (non-hydrogen) atoms. The van der Waals surface area contributed by atoms with Crippen molar-refractivity contribution in [2.45, 2.75) is 51.6 Å². The van der Waals surface area contributed by atoms with Gasteiger partial charge in [0.05, 0.1) is 5.92 Å². The smallest absolute Gasteiger partial charge is 0.307 e. The maximum absolute atomic E-state index is 11.3. The first-order valence-electron chi connectivity index (χ1n) is 6.26. The third kappa shape index (κ3) is 5.68. The fraction of sp³-hybridized carbons (Fsp3) is 0.833. The fourth-order valence-corrected chi connectivity index (χ4v) is 1.50. The zero-order valence-corrected chi connectivity index (χ0v) is 10.5. The van der Waals surface area contributed by atoms with Gasteiger partial charge in [-0.25, -0.2) is 0 Å². The van der Waals surface area contributed by atoms with Crippen LogP contribution in [0.4, 0.5) is 0 Å². The molecule has 1 fully saturated rings. The molecule has 1 saturated carbocycles. The van der Waals surface area contributed by atoms with Crippen molar-refractivity contribution in [3.63, 3.8) is 0 Å². The first kappa shape index (κ1) is 14.0. The molecule has 1 amide bonds. The number of carbonyl (C=O) groups excluding carboxylic acids is 1. The normalized spacial score (nSPS) is 18.5. The molecule has 1 rings (SSSR count). The number of hydrogen-bond acceptors (Lipinski definition) is 3. The van der Waals surface area contributed by atoms with Gasteiger partial charge in [0.25, 0.3) is 0 Å². The van der Waals surface area contributed by atoms with Crippen LogP contribution in [0.25, 0.3) is 0 Å². The fourth-order valence-electron chi connectivity index (χ4n) is 1.50. The van der Waals surface area contributed by atoms with Crippen molar-refractivity contribution < 1.29 is 14.7 Å². The second kappa shape index (κ2) is 6.59. The van der Waals surface area contributed by atoms with Gasteiger partial charge in [-0.05, 0) is 32.7 Å². The number of carbonyl (C=O) groups is 2. The summed E-state index contributed by atoms with van der Waals surface area (Å²) in [5, 5.41) is 14.8. The van der Waals surface area contributed by atoms with E-state index < -0.39 is 11.9 Å². The summed E-state index contributed by atoms with van der Waals surface area (Å²) in [6.07, 6.45) is 3.47. The largest absolute Gasteiger partial charge is 0.481 e. The van der Waals surface area contributed by atoms with Gasteiger partial charge in [-0.1, -0.05) is 6.92 Å². The Morgan fingerprint density at radius 2 is 2.00 bits per heavy atom. The molecule has 1 aliphatic carbocycles. The molecule has 0 heterocycles. The van der Waals surface area contributed by atoms with Crippen molar-refractivity contribution in [2.24, 2.45) is 5.92 Å². The summed E-state index contributed by atoms with van der Waals surface area (Å²) in [5.41, 5.74) is 0. The molecule has 3 N–H and O–H groups in total. The summed E-state index contributed by atoms with van der Waals surface area (Å²) in [4.78, 5) is 22.1. The Hall–Kier alpha value is -1.10. The Bertz CT molecular complexity index is 277. The third-order valence-corrected chi connectivity index (χ3v) is 3.13. The summed E-state index contributed by atoms with van der Waals surface area (Å²) >= 11 is 0.